The monoisotopic (exact) mass is 450 g/mol. The number of hydrogen-bond acceptors (Lipinski definition) is 6. The number of alkyl halides is 3. The number of aromatic nitrogens is 2. The molecule has 2 aromatic carbocycles. The summed E-state index contributed by atoms with van der Waals surface area (Å²) in [4.78, 5) is 25.9. The van der Waals surface area contributed by atoms with Crippen LogP contribution in [0.25, 0.3) is 0 Å². The number of hydrogen-bond donors (Lipinski definition) is 1. The molecule has 2 heterocycles. The van der Waals surface area contributed by atoms with E-state index in [0.717, 1.165) is 18.2 Å². The summed E-state index contributed by atoms with van der Waals surface area (Å²) in [6.07, 6.45) is -4.78. The van der Waals surface area contributed by atoms with Crippen LogP contribution >= 0.6 is 0 Å². The zero-order valence-corrected chi connectivity index (χ0v) is 16.1. The maximum absolute atomic E-state index is 13.3. The molecule has 0 saturated carbocycles. The Bertz CT molecular complexity index is 1150. The summed E-state index contributed by atoms with van der Waals surface area (Å²) in [5, 5.41) is 9.93. The van der Waals surface area contributed by atoms with Gasteiger partial charge in [-0.25, -0.2) is 4.39 Å². The fourth-order valence-electron chi connectivity index (χ4n) is 3.20. The van der Waals surface area contributed by atoms with Gasteiger partial charge in [0.2, 0.25) is 11.8 Å². The van der Waals surface area contributed by atoms with E-state index in [0.29, 0.717) is 5.69 Å². The Morgan fingerprint density at radius 2 is 1.91 bits per heavy atom. The number of ether oxygens (including phenoxy) is 1. The van der Waals surface area contributed by atoms with Gasteiger partial charge in [0.25, 0.3) is 5.91 Å². The van der Waals surface area contributed by atoms with E-state index in [1.807, 2.05) is 0 Å². The molecule has 1 aromatic heterocycles. The molecule has 32 heavy (non-hydrogen) atoms. The first-order valence-corrected chi connectivity index (χ1v) is 9.24. The summed E-state index contributed by atoms with van der Waals surface area (Å²) in [6, 6.07) is 9.70. The maximum atomic E-state index is 13.3. The Morgan fingerprint density at radius 1 is 1.16 bits per heavy atom. The second kappa shape index (κ2) is 8.29. The molecule has 12 heteroatoms. The lowest BCUT2D eigenvalue weighted by molar-refractivity contribution is -0.274. The summed E-state index contributed by atoms with van der Waals surface area (Å²) < 4.78 is 59.4. The molecule has 1 aliphatic heterocycles. The van der Waals surface area contributed by atoms with E-state index in [1.165, 1.54) is 35.2 Å². The molecule has 0 bridgehead atoms. The number of nitrogens with one attached hydrogen (secondary N) is 1. The van der Waals surface area contributed by atoms with E-state index in [1.54, 1.807) is 0 Å². The first kappa shape index (κ1) is 21.3. The quantitative estimate of drug-likeness (QED) is 0.593. The molecule has 2 amide bonds. The lowest BCUT2D eigenvalue weighted by atomic mass is 10.1. The molecule has 0 unspecified atom stereocenters. The predicted octanol–water partition coefficient (Wildman–Crippen LogP) is 3.88. The van der Waals surface area contributed by atoms with Gasteiger partial charge in [-0.1, -0.05) is 11.2 Å². The van der Waals surface area contributed by atoms with Crippen LogP contribution in [0.4, 0.5) is 29.3 Å². The van der Waals surface area contributed by atoms with E-state index in [4.69, 9.17) is 4.42 Å². The number of benzene rings is 2. The van der Waals surface area contributed by atoms with Crippen molar-refractivity contribution in [1.82, 2.24) is 10.2 Å². The number of amides is 2. The summed E-state index contributed by atoms with van der Waals surface area (Å²) >= 11 is 0. The molecule has 1 atom stereocenters. The van der Waals surface area contributed by atoms with Crippen molar-refractivity contribution < 1.29 is 36.3 Å². The Hall–Kier alpha value is -3.96. The topological polar surface area (TPSA) is 97.6 Å². The Morgan fingerprint density at radius 3 is 2.59 bits per heavy atom. The molecule has 1 aliphatic rings. The minimum absolute atomic E-state index is 0.0281. The summed E-state index contributed by atoms with van der Waals surface area (Å²) in [5.41, 5.74) is 0.441. The third-order valence-corrected chi connectivity index (χ3v) is 4.60. The normalized spacial score (nSPS) is 16.3. The smallest absolute Gasteiger partial charge is 0.407 e. The fraction of sp³-hybridized carbons (Fsp3) is 0.200. The SMILES string of the molecule is O=C(Nc1nnc([C@@H]2CC(=O)N(c3ccc(OC(F)(F)F)cc3)C2)o1)c1cccc(F)c1. The Kier molecular flexibility index (Phi) is 5.51. The van der Waals surface area contributed by atoms with Crippen molar-refractivity contribution in [3.05, 3.63) is 65.8 Å². The molecule has 166 valence electrons. The summed E-state index contributed by atoms with van der Waals surface area (Å²) in [7, 11) is 0. The summed E-state index contributed by atoms with van der Waals surface area (Å²) in [5.74, 6) is -2.30. The minimum atomic E-state index is -4.81. The third-order valence-electron chi connectivity index (χ3n) is 4.60. The largest absolute Gasteiger partial charge is 0.573 e. The highest BCUT2D eigenvalue weighted by Gasteiger charge is 2.35. The molecule has 0 radical (unpaired) electrons. The van der Waals surface area contributed by atoms with Gasteiger partial charge in [-0.05, 0) is 42.5 Å². The molecule has 3 aromatic rings. The van der Waals surface area contributed by atoms with Gasteiger partial charge >= 0.3 is 12.4 Å². The molecule has 0 spiro atoms. The van der Waals surface area contributed by atoms with E-state index in [-0.39, 0.29) is 36.3 Å². The zero-order valence-electron chi connectivity index (χ0n) is 16.1. The highest BCUT2D eigenvalue weighted by molar-refractivity contribution is 6.03. The van der Waals surface area contributed by atoms with E-state index in [9.17, 15) is 27.2 Å². The van der Waals surface area contributed by atoms with Crippen molar-refractivity contribution in [2.45, 2.75) is 18.7 Å². The van der Waals surface area contributed by atoms with Crippen LogP contribution in [0.15, 0.2) is 52.9 Å². The van der Waals surface area contributed by atoms with Gasteiger partial charge in [0.1, 0.15) is 11.6 Å². The maximum Gasteiger partial charge on any atom is 0.573 e. The van der Waals surface area contributed by atoms with Crippen LogP contribution < -0.4 is 15.0 Å². The van der Waals surface area contributed by atoms with Gasteiger partial charge in [0.05, 0.1) is 5.92 Å². The standard InChI is InChI=1S/C20H14F4N4O4/c21-13-3-1-2-11(8-13)17(30)25-19-27-26-18(31-19)12-9-16(29)28(10-12)14-4-6-15(7-5-14)32-20(22,23)24/h1-8,12H,9-10H2,(H,25,27,30)/t12-/m1/s1. The highest BCUT2D eigenvalue weighted by atomic mass is 19.4. The number of halogens is 4. The Labute approximate surface area is 177 Å². The van der Waals surface area contributed by atoms with Crippen LogP contribution in [0.5, 0.6) is 5.75 Å². The van der Waals surface area contributed by atoms with E-state index in [2.05, 4.69) is 20.3 Å². The van der Waals surface area contributed by atoms with E-state index >= 15 is 0 Å². The number of anilines is 2. The van der Waals surface area contributed by atoms with Crippen molar-refractivity contribution in [2.24, 2.45) is 0 Å². The third kappa shape index (κ3) is 4.85. The molecule has 1 fully saturated rings. The average Bonchev–Trinajstić information content (AvgIpc) is 3.34. The lowest BCUT2D eigenvalue weighted by Crippen LogP contribution is -2.24. The number of carbonyl (C=O) groups excluding carboxylic acids is 2. The van der Waals surface area contributed by atoms with Crippen LogP contribution in [-0.2, 0) is 4.79 Å². The van der Waals surface area contributed by atoms with Gasteiger partial charge < -0.3 is 14.1 Å². The van der Waals surface area contributed by atoms with Crippen molar-refractivity contribution in [3.63, 3.8) is 0 Å². The second-order valence-corrected chi connectivity index (χ2v) is 6.86. The van der Waals surface area contributed by atoms with Crippen molar-refractivity contribution in [3.8, 4) is 5.75 Å². The number of rotatable bonds is 5. The van der Waals surface area contributed by atoms with Crippen LogP contribution in [-0.4, -0.2) is 34.9 Å². The molecule has 0 aliphatic carbocycles. The lowest BCUT2D eigenvalue weighted by Gasteiger charge is -2.17. The van der Waals surface area contributed by atoms with Crippen LogP contribution in [0, 0.1) is 5.82 Å². The van der Waals surface area contributed by atoms with Crippen molar-refractivity contribution in [1.29, 1.82) is 0 Å². The van der Waals surface area contributed by atoms with Gasteiger partial charge in [0.15, 0.2) is 0 Å². The summed E-state index contributed by atoms with van der Waals surface area (Å²) in [6.45, 7) is 0.151. The molecule has 1 N–H and O–H groups in total. The molecular weight excluding hydrogens is 436 g/mol. The first-order chi connectivity index (χ1) is 15.2. The molecule has 8 nitrogen and oxygen atoms in total. The minimum Gasteiger partial charge on any atom is -0.407 e. The zero-order chi connectivity index (χ0) is 22.9. The van der Waals surface area contributed by atoms with Crippen LogP contribution in [0.2, 0.25) is 0 Å². The van der Waals surface area contributed by atoms with Gasteiger partial charge in [-0.3, -0.25) is 14.9 Å². The highest BCUT2D eigenvalue weighted by Crippen LogP contribution is 2.33. The Balaban J connectivity index is 1.41. The van der Waals surface area contributed by atoms with Crippen molar-refractivity contribution >= 4 is 23.5 Å². The van der Waals surface area contributed by atoms with Gasteiger partial charge in [-0.15, -0.1) is 18.3 Å². The van der Waals surface area contributed by atoms with Crippen molar-refractivity contribution in [2.75, 3.05) is 16.8 Å². The first-order valence-electron chi connectivity index (χ1n) is 9.24. The molecular formula is C20H14F4N4O4. The average molecular weight is 450 g/mol. The number of nitrogens with zero attached hydrogens (tertiary/aromatic N) is 3. The van der Waals surface area contributed by atoms with Crippen LogP contribution in [0.1, 0.15) is 28.6 Å². The predicted molar refractivity (Wildman–Crippen MR) is 101 cm³/mol. The van der Waals surface area contributed by atoms with Gasteiger partial charge in [-0.2, -0.15) is 0 Å². The number of carbonyl (C=O) groups is 2. The second-order valence-electron chi connectivity index (χ2n) is 6.86. The van der Waals surface area contributed by atoms with Crippen LogP contribution in [0.3, 0.4) is 0 Å². The fourth-order valence-corrected chi connectivity index (χ4v) is 3.20. The molecule has 1 saturated heterocycles. The van der Waals surface area contributed by atoms with Gasteiger partial charge in [0, 0.05) is 24.2 Å². The molecule has 4 rings (SSSR count). The van der Waals surface area contributed by atoms with E-state index < -0.39 is 29.8 Å².